The molecule has 3 nitrogen and oxygen atoms in total. The van der Waals surface area contributed by atoms with Gasteiger partial charge in [-0.25, -0.2) is 14.4 Å². The highest BCUT2D eigenvalue weighted by atomic mass is 79.9. The maximum Gasteiger partial charge on any atom is 0.137 e. The first-order valence-electron chi connectivity index (χ1n) is 5.63. The third-order valence-corrected chi connectivity index (χ3v) is 2.99. The quantitative estimate of drug-likeness (QED) is 0.809. The second-order valence-electron chi connectivity index (χ2n) is 3.86. The Hall–Kier alpha value is -1.49. The Morgan fingerprint density at radius 2 is 2.06 bits per heavy atom. The molecule has 2 rings (SSSR count). The lowest BCUT2D eigenvalue weighted by atomic mass is 10.3. The summed E-state index contributed by atoms with van der Waals surface area (Å²) in [6, 6.07) is 8.22. The normalized spacial score (nSPS) is 10.4. The first-order valence-corrected chi connectivity index (χ1v) is 6.42. The van der Waals surface area contributed by atoms with E-state index in [0.29, 0.717) is 0 Å². The van der Waals surface area contributed by atoms with Gasteiger partial charge in [0, 0.05) is 25.2 Å². The predicted molar refractivity (Wildman–Crippen MR) is 73.6 cm³/mol. The number of hydrogen-bond donors (Lipinski definition) is 0. The highest BCUT2D eigenvalue weighted by Gasteiger charge is 2.09. The molecule has 0 atom stereocenters. The topological polar surface area (TPSA) is 29.0 Å². The summed E-state index contributed by atoms with van der Waals surface area (Å²) in [4.78, 5) is 10.5. The minimum atomic E-state index is -0.261. The number of rotatable bonds is 3. The number of aromatic nitrogens is 2. The summed E-state index contributed by atoms with van der Waals surface area (Å²) >= 11 is 3.36. The van der Waals surface area contributed by atoms with Crippen LogP contribution in [0.2, 0.25) is 0 Å². The van der Waals surface area contributed by atoms with E-state index in [2.05, 4.69) is 25.9 Å². The SMILES string of the molecule is CCc1nc(Br)cc(N(C)c2cccc(F)c2)n1. The van der Waals surface area contributed by atoms with Crippen molar-refractivity contribution in [3.05, 3.63) is 46.6 Å². The largest absolute Gasteiger partial charge is 0.329 e. The van der Waals surface area contributed by atoms with Crippen molar-refractivity contribution in [2.75, 3.05) is 11.9 Å². The molecule has 0 aliphatic rings. The molecule has 1 heterocycles. The van der Waals surface area contributed by atoms with Crippen LogP contribution in [-0.2, 0) is 6.42 Å². The Balaban J connectivity index is 2.39. The zero-order valence-electron chi connectivity index (χ0n) is 10.2. The molecule has 0 amide bonds. The van der Waals surface area contributed by atoms with Crippen LogP contribution in [0, 0.1) is 5.82 Å². The molecule has 0 bridgehead atoms. The molecule has 1 aromatic heterocycles. The number of nitrogens with zero attached hydrogens (tertiary/aromatic N) is 3. The zero-order chi connectivity index (χ0) is 13.1. The number of aryl methyl sites for hydroxylation is 1. The van der Waals surface area contributed by atoms with Gasteiger partial charge in [0.1, 0.15) is 22.1 Å². The van der Waals surface area contributed by atoms with E-state index < -0.39 is 0 Å². The third kappa shape index (κ3) is 2.85. The molecular formula is C13H13BrFN3. The minimum Gasteiger partial charge on any atom is -0.329 e. The number of hydrogen-bond acceptors (Lipinski definition) is 3. The molecule has 0 saturated carbocycles. The molecule has 0 aliphatic carbocycles. The fourth-order valence-corrected chi connectivity index (χ4v) is 2.01. The van der Waals surface area contributed by atoms with Crippen LogP contribution in [0.1, 0.15) is 12.7 Å². The molecule has 0 radical (unpaired) electrons. The van der Waals surface area contributed by atoms with Crippen molar-refractivity contribution < 1.29 is 4.39 Å². The van der Waals surface area contributed by atoms with Crippen molar-refractivity contribution in [2.45, 2.75) is 13.3 Å². The number of halogens is 2. The van der Waals surface area contributed by atoms with Gasteiger partial charge in [-0.2, -0.15) is 0 Å². The summed E-state index contributed by atoms with van der Waals surface area (Å²) in [7, 11) is 1.85. The summed E-state index contributed by atoms with van der Waals surface area (Å²) in [6.45, 7) is 1.99. The molecule has 18 heavy (non-hydrogen) atoms. The van der Waals surface area contributed by atoms with Crippen molar-refractivity contribution in [3.8, 4) is 0 Å². The van der Waals surface area contributed by atoms with Crippen molar-refractivity contribution in [2.24, 2.45) is 0 Å². The predicted octanol–water partition coefficient (Wildman–Crippen LogP) is 3.71. The second-order valence-corrected chi connectivity index (χ2v) is 4.67. The number of anilines is 2. The lowest BCUT2D eigenvalue weighted by Crippen LogP contribution is -2.13. The smallest absolute Gasteiger partial charge is 0.137 e. The fraction of sp³-hybridized carbons (Fsp3) is 0.231. The standard InChI is InChI=1S/C13H13BrFN3/c1-3-12-16-11(14)8-13(17-12)18(2)10-6-4-5-9(15)7-10/h4-8H,3H2,1-2H3. The summed E-state index contributed by atoms with van der Waals surface area (Å²) < 4.78 is 13.9. The molecular weight excluding hydrogens is 297 g/mol. The maximum atomic E-state index is 13.2. The molecule has 94 valence electrons. The van der Waals surface area contributed by atoms with Crippen LogP contribution >= 0.6 is 15.9 Å². The van der Waals surface area contributed by atoms with E-state index in [9.17, 15) is 4.39 Å². The van der Waals surface area contributed by atoms with Gasteiger partial charge >= 0.3 is 0 Å². The van der Waals surface area contributed by atoms with Gasteiger partial charge in [0.15, 0.2) is 0 Å². The van der Waals surface area contributed by atoms with Gasteiger partial charge < -0.3 is 4.90 Å². The van der Waals surface area contributed by atoms with Gasteiger partial charge in [0.2, 0.25) is 0 Å². The van der Waals surface area contributed by atoms with Gasteiger partial charge in [-0.15, -0.1) is 0 Å². The lowest BCUT2D eigenvalue weighted by Gasteiger charge is -2.19. The molecule has 0 unspecified atom stereocenters. The Morgan fingerprint density at radius 1 is 1.28 bits per heavy atom. The molecule has 2 aromatic rings. The first-order chi connectivity index (χ1) is 8.60. The van der Waals surface area contributed by atoms with Crippen LogP contribution in [0.15, 0.2) is 34.9 Å². The van der Waals surface area contributed by atoms with E-state index in [-0.39, 0.29) is 5.82 Å². The van der Waals surface area contributed by atoms with Crippen LogP contribution < -0.4 is 4.90 Å². The summed E-state index contributed by atoms with van der Waals surface area (Å²) in [5.41, 5.74) is 0.752. The van der Waals surface area contributed by atoms with Crippen molar-refractivity contribution in [1.29, 1.82) is 0 Å². The Morgan fingerprint density at radius 3 is 2.72 bits per heavy atom. The van der Waals surface area contributed by atoms with Gasteiger partial charge in [0.25, 0.3) is 0 Å². The Labute approximate surface area is 114 Å². The fourth-order valence-electron chi connectivity index (χ4n) is 1.60. The maximum absolute atomic E-state index is 13.2. The van der Waals surface area contributed by atoms with Crippen LogP contribution in [0.4, 0.5) is 15.9 Å². The lowest BCUT2D eigenvalue weighted by molar-refractivity contribution is 0.628. The molecule has 0 N–H and O–H groups in total. The van der Waals surface area contributed by atoms with E-state index in [1.54, 1.807) is 6.07 Å². The minimum absolute atomic E-state index is 0.261. The summed E-state index contributed by atoms with van der Waals surface area (Å²) in [5, 5.41) is 0. The first kappa shape index (κ1) is 13.0. The Bertz CT molecular complexity index is 560. The van der Waals surface area contributed by atoms with Crippen LogP contribution in [0.5, 0.6) is 0 Å². The highest BCUT2D eigenvalue weighted by Crippen LogP contribution is 2.24. The van der Waals surface area contributed by atoms with Crippen LogP contribution in [0.3, 0.4) is 0 Å². The average molecular weight is 310 g/mol. The van der Waals surface area contributed by atoms with Gasteiger partial charge in [0.05, 0.1) is 0 Å². The molecule has 0 fully saturated rings. The van der Waals surface area contributed by atoms with Crippen molar-refractivity contribution in [1.82, 2.24) is 9.97 Å². The third-order valence-electron chi connectivity index (χ3n) is 2.58. The van der Waals surface area contributed by atoms with Crippen LogP contribution in [0.25, 0.3) is 0 Å². The molecule has 0 aliphatic heterocycles. The van der Waals surface area contributed by atoms with E-state index in [1.165, 1.54) is 12.1 Å². The number of benzene rings is 1. The van der Waals surface area contributed by atoms with E-state index >= 15 is 0 Å². The van der Waals surface area contributed by atoms with Crippen molar-refractivity contribution >= 4 is 27.4 Å². The van der Waals surface area contributed by atoms with Crippen molar-refractivity contribution in [3.63, 3.8) is 0 Å². The Kier molecular flexibility index (Phi) is 3.91. The average Bonchev–Trinajstić information content (AvgIpc) is 2.37. The monoisotopic (exact) mass is 309 g/mol. The molecule has 0 spiro atoms. The van der Waals surface area contributed by atoms with E-state index in [1.807, 2.05) is 31.0 Å². The second kappa shape index (κ2) is 5.44. The molecule has 5 heteroatoms. The van der Waals surface area contributed by atoms with E-state index in [0.717, 1.165) is 28.4 Å². The molecule has 1 aromatic carbocycles. The van der Waals surface area contributed by atoms with Crippen LogP contribution in [-0.4, -0.2) is 17.0 Å². The summed E-state index contributed by atoms with van der Waals surface area (Å²) in [6.07, 6.45) is 0.753. The van der Waals surface area contributed by atoms with Gasteiger partial charge in [-0.3, -0.25) is 0 Å². The van der Waals surface area contributed by atoms with Gasteiger partial charge in [-0.05, 0) is 34.1 Å². The summed E-state index contributed by atoms with van der Waals surface area (Å²) in [5.74, 6) is 1.23. The highest BCUT2D eigenvalue weighted by molar-refractivity contribution is 9.10. The van der Waals surface area contributed by atoms with E-state index in [4.69, 9.17) is 0 Å². The zero-order valence-corrected chi connectivity index (χ0v) is 11.8. The molecule has 0 saturated heterocycles. The van der Waals surface area contributed by atoms with Gasteiger partial charge in [-0.1, -0.05) is 13.0 Å².